The van der Waals surface area contributed by atoms with E-state index in [1.807, 2.05) is 13.8 Å². The van der Waals surface area contributed by atoms with E-state index in [9.17, 15) is 16.8 Å². The van der Waals surface area contributed by atoms with Gasteiger partial charge in [0.05, 0.1) is 9.79 Å². The van der Waals surface area contributed by atoms with Crippen molar-refractivity contribution in [3.63, 3.8) is 0 Å². The van der Waals surface area contributed by atoms with E-state index in [2.05, 4.69) is 0 Å². The van der Waals surface area contributed by atoms with E-state index in [-0.39, 0.29) is 36.1 Å². The molecule has 0 aliphatic carbocycles. The minimum Gasteiger partial charge on any atom is -0.358 e. The maximum Gasteiger partial charge on any atom is 0.245 e. The molecule has 0 bridgehead atoms. The summed E-state index contributed by atoms with van der Waals surface area (Å²) in [6.45, 7) is 7.46. The fraction of sp³-hybridized carbons (Fsp3) is 0.455. The molecule has 1 heterocycles. The first-order valence-corrected chi connectivity index (χ1v) is 13.4. The minimum atomic E-state index is -3.93. The van der Waals surface area contributed by atoms with E-state index in [1.54, 1.807) is 62.4 Å². The van der Waals surface area contributed by atoms with Crippen LogP contribution in [-0.2, 0) is 29.5 Å². The second kappa shape index (κ2) is 9.98. The van der Waals surface area contributed by atoms with Gasteiger partial charge >= 0.3 is 0 Å². The summed E-state index contributed by atoms with van der Waals surface area (Å²) >= 11 is 0. The normalized spacial score (nSPS) is 21.0. The number of benzene rings is 2. The molecule has 0 saturated carbocycles. The Morgan fingerprint density at radius 3 is 1.28 bits per heavy atom. The lowest BCUT2D eigenvalue weighted by atomic mass is 10.2. The quantitative estimate of drug-likeness (QED) is 0.574. The van der Waals surface area contributed by atoms with Crippen molar-refractivity contribution in [1.82, 2.24) is 8.61 Å². The van der Waals surface area contributed by atoms with Crippen LogP contribution in [0.2, 0.25) is 0 Å². The van der Waals surface area contributed by atoms with Crippen LogP contribution in [0.25, 0.3) is 0 Å². The average Bonchev–Trinajstić information content (AvgIpc) is 2.75. The van der Waals surface area contributed by atoms with Crippen molar-refractivity contribution >= 4 is 20.0 Å². The first-order valence-electron chi connectivity index (χ1n) is 10.5. The molecule has 1 aliphatic heterocycles. The molecule has 176 valence electrons. The van der Waals surface area contributed by atoms with Crippen LogP contribution in [-0.4, -0.2) is 64.2 Å². The summed E-state index contributed by atoms with van der Waals surface area (Å²) in [4.78, 5) is 0.246. The Hall–Kier alpha value is -1.82. The van der Waals surface area contributed by atoms with Gasteiger partial charge in [0, 0.05) is 26.3 Å². The van der Waals surface area contributed by atoms with E-state index < -0.39 is 32.5 Å². The molecular formula is C22H30N2O6S2. The van der Waals surface area contributed by atoms with E-state index >= 15 is 0 Å². The highest BCUT2D eigenvalue weighted by Gasteiger charge is 2.48. The molecule has 32 heavy (non-hydrogen) atoms. The molecule has 0 amide bonds. The number of aryl methyl sites for hydroxylation is 2. The van der Waals surface area contributed by atoms with Crippen molar-refractivity contribution < 1.29 is 26.3 Å². The van der Waals surface area contributed by atoms with Gasteiger partial charge in [0.15, 0.2) is 12.5 Å². The average molecular weight is 483 g/mol. The van der Waals surface area contributed by atoms with Crippen molar-refractivity contribution in [3.05, 3.63) is 59.7 Å². The molecule has 0 radical (unpaired) electrons. The topological polar surface area (TPSA) is 93.2 Å². The molecular weight excluding hydrogens is 452 g/mol. The largest absolute Gasteiger partial charge is 0.358 e. The number of rotatable bonds is 8. The van der Waals surface area contributed by atoms with Gasteiger partial charge in [-0.2, -0.15) is 8.61 Å². The van der Waals surface area contributed by atoms with Crippen molar-refractivity contribution in [3.8, 4) is 0 Å². The van der Waals surface area contributed by atoms with E-state index in [0.29, 0.717) is 0 Å². The third-order valence-electron chi connectivity index (χ3n) is 5.28. The summed E-state index contributed by atoms with van der Waals surface area (Å²) in [6.07, 6.45) is -2.25. The van der Waals surface area contributed by atoms with Gasteiger partial charge in [-0.25, -0.2) is 16.8 Å². The van der Waals surface area contributed by atoms with Crippen LogP contribution in [0, 0.1) is 13.8 Å². The minimum absolute atomic E-state index is 0.0600. The number of hydrogen-bond acceptors (Lipinski definition) is 6. The van der Waals surface area contributed by atoms with Crippen LogP contribution < -0.4 is 0 Å². The first-order chi connectivity index (χ1) is 15.1. The predicted molar refractivity (Wildman–Crippen MR) is 121 cm³/mol. The first kappa shape index (κ1) is 24.8. The maximum atomic E-state index is 13.4. The summed E-state index contributed by atoms with van der Waals surface area (Å²) < 4.78 is 67.6. The second-order valence-corrected chi connectivity index (χ2v) is 11.3. The lowest BCUT2D eigenvalue weighted by molar-refractivity contribution is -0.173. The van der Waals surface area contributed by atoms with Crippen LogP contribution >= 0.6 is 0 Å². The molecule has 8 nitrogen and oxygen atoms in total. The summed E-state index contributed by atoms with van der Waals surface area (Å²) in [7, 11) is -7.87. The van der Waals surface area contributed by atoms with Crippen LogP contribution in [0.15, 0.2) is 58.3 Å². The molecule has 2 aromatic carbocycles. The zero-order chi connectivity index (χ0) is 23.5. The molecule has 1 aliphatic rings. The summed E-state index contributed by atoms with van der Waals surface area (Å²) in [5.74, 6) is 0. The predicted octanol–water partition coefficient (Wildman–Crippen LogP) is 2.72. The van der Waals surface area contributed by atoms with Gasteiger partial charge < -0.3 is 9.47 Å². The lowest BCUT2D eigenvalue weighted by Crippen LogP contribution is -2.63. The van der Waals surface area contributed by atoms with Crippen molar-refractivity contribution in [2.24, 2.45) is 0 Å². The van der Waals surface area contributed by atoms with Crippen LogP contribution in [0.4, 0.5) is 0 Å². The highest BCUT2D eigenvalue weighted by atomic mass is 32.2. The molecule has 0 aromatic heterocycles. The molecule has 0 spiro atoms. The third kappa shape index (κ3) is 4.90. The molecule has 2 aromatic rings. The highest BCUT2D eigenvalue weighted by Crippen LogP contribution is 2.31. The smallest absolute Gasteiger partial charge is 0.245 e. The Morgan fingerprint density at radius 1 is 0.688 bits per heavy atom. The zero-order valence-electron chi connectivity index (χ0n) is 18.8. The monoisotopic (exact) mass is 482 g/mol. The van der Waals surface area contributed by atoms with Gasteiger partial charge in [-0.1, -0.05) is 35.4 Å². The zero-order valence-corrected chi connectivity index (χ0v) is 20.4. The number of ether oxygens (including phenoxy) is 2. The van der Waals surface area contributed by atoms with Crippen molar-refractivity contribution in [1.29, 1.82) is 0 Å². The van der Waals surface area contributed by atoms with Gasteiger partial charge in [-0.05, 0) is 52.0 Å². The molecule has 2 atom stereocenters. The number of nitrogens with zero attached hydrogens (tertiary/aromatic N) is 2. The van der Waals surface area contributed by atoms with E-state index in [0.717, 1.165) is 11.1 Å². The SMILES string of the molecule is CCOC1C(OCC)N(S(=O)(=O)c2ccc(C)cc2)CCN1S(=O)(=O)c1ccc(C)cc1. The Labute approximate surface area is 190 Å². The fourth-order valence-corrected chi connectivity index (χ4v) is 6.64. The third-order valence-corrected chi connectivity index (χ3v) is 9.03. The molecule has 1 fully saturated rings. The van der Waals surface area contributed by atoms with Gasteiger partial charge in [-0.15, -0.1) is 0 Å². The Morgan fingerprint density at radius 2 is 1.00 bits per heavy atom. The molecule has 10 heteroatoms. The number of sulfonamides is 2. The van der Waals surface area contributed by atoms with E-state index in [1.165, 1.54) is 8.61 Å². The summed E-state index contributed by atoms with van der Waals surface area (Å²) in [6, 6.07) is 13.1. The standard InChI is InChI=1S/C22H30N2O6S2/c1-5-29-21-22(30-6-2)24(32(27,28)20-13-9-18(4)10-14-20)16-15-23(21)31(25,26)19-11-7-17(3)8-12-19/h7-14,21-22H,5-6,15-16H2,1-4H3. The van der Waals surface area contributed by atoms with Crippen LogP contribution in [0.3, 0.4) is 0 Å². The molecule has 1 saturated heterocycles. The van der Waals surface area contributed by atoms with Gasteiger partial charge in [0.2, 0.25) is 20.0 Å². The van der Waals surface area contributed by atoms with Gasteiger partial charge in [0.25, 0.3) is 0 Å². The highest BCUT2D eigenvalue weighted by molar-refractivity contribution is 7.89. The number of hydrogen-bond donors (Lipinski definition) is 0. The molecule has 2 unspecified atom stereocenters. The lowest BCUT2D eigenvalue weighted by Gasteiger charge is -2.44. The van der Waals surface area contributed by atoms with Crippen LogP contribution in [0.5, 0.6) is 0 Å². The van der Waals surface area contributed by atoms with Crippen LogP contribution in [0.1, 0.15) is 25.0 Å². The van der Waals surface area contributed by atoms with Crippen molar-refractivity contribution in [2.75, 3.05) is 26.3 Å². The van der Waals surface area contributed by atoms with Gasteiger partial charge in [-0.3, -0.25) is 0 Å². The molecule has 3 rings (SSSR count). The second-order valence-electron chi connectivity index (χ2n) is 7.55. The molecule has 0 N–H and O–H groups in total. The number of piperazine rings is 1. The Bertz CT molecular complexity index is 1020. The van der Waals surface area contributed by atoms with Crippen molar-refractivity contribution in [2.45, 2.75) is 49.9 Å². The summed E-state index contributed by atoms with van der Waals surface area (Å²) in [5, 5.41) is 0. The van der Waals surface area contributed by atoms with E-state index in [4.69, 9.17) is 9.47 Å². The maximum absolute atomic E-state index is 13.4. The Kier molecular flexibility index (Phi) is 7.74. The summed E-state index contributed by atoms with van der Waals surface area (Å²) in [5.41, 5.74) is 1.87. The Balaban J connectivity index is 2.02. The fourth-order valence-electron chi connectivity index (χ4n) is 3.61. The van der Waals surface area contributed by atoms with Gasteiger partial charge in [0.1, 0.15) is 0 Å².